The van der Waals surface area contributed by atoms with Crippen LogP contribution in [0.3, 0.4) is 0 Å². The summed E-state index contributed by atoms with van der Waals surface area (Å²) in [5.41, 5.74) is 0. The molecule has 1 heteroatoms. The Morgan fingerprint density at radius 1 is 1.62 bits per heavy atom. The third kappa shape index (κ3) is 1.48. The summed E-state index contributed by atoms with van der Waals surface area (Å²) in [6.07, 6.45) is 5.22. The predicted molar refractivity (Wildman–Crippen MR) is 33.3 cm³/mol. The van der Waals surface area contributed by atoms with Gasteiger partial charge in [0.1, 0.15) is 0 Å². The van der Waals surface area contributed by atoms with Crippen molar-refractivity contribution in [3.63, 3.8) is 0 Å². The Hall–Kier alpha value is -0.0400. The Bertz CT molecular complexity index is 62.8. The van der Waals surface area contributed by atoms with E-state index in [1.165, 1.54) is 6.42 Å². The summed E-state index contributed by atoms with van der Waals surface area (Å²) in [7, 11) is 0. The molecule has 8 heavy (non-hydrogen) atoms. The summed E-state index contributed by atoms with van der Waals surface area (Å²) in [4.78, 5) is 0. The van der Waals surface area contributed by atoms with E-state index in [0.29, 0.717) is 0 Å². The van der Waals surface area contributed by atoms with E-state index in [9.17, 15) is 0 Å². The van der Waals surface area contributed by atoms with Gasteiger partial charge in [0.15, 0.2) is 0 Å². The van der Waals surface area contributed by atoms with Gasteiger partial charge in [-0.25, -0.2) is 0 Å². The molecule has 0 aromatic heterocycles. The van der Waals surface area contributed by atoms with Crippen LogP contribution in [0.5, 0.6) is 0 Å². The lowest BCUT2D eigenvalue weighted by Crippen LogP contribution is -2.17. The minimum Gasteiger partial charge on any atom is -0.393 e. The minimum atomic E-state index is -0.112. The second kappa shape index (κ2) is 2.49. The Balaban J connectivity index is 2.23. The van der Waals surface area contributed by atoms with Gasteiger partial charge in [-0.15, -0.1) is 0 Å². The zero-order valence-electron chi connectivity index (χ0n) is 5.30. The largest absolute Gasteiger partial charge is 0.393 e. The average Bonchev–Trinajstić information content (AvgIpc) is 1.64. The SMILES string of the molecule is CC1CC[CH]C(O)C1. The zero-order chi connectivity index (χ0) is 5.98. The molecule has 0 heterocycles. The van der Waals surface area contributed by atoms with Gasteiger partial charge in [0.25, 0.3) is 0 Å². The highest BCUT2D eigenvalue weighted by atomic mass is 16.3. The molecule has 0 spiro atoms. The first kappa shape index (κ1) is 6.09. The van der Waals surface area contributed by atoms with E-state index in [2.05, 4.69) is 6.92 Å². The van der Waals surface area contributed by atoms with E-state index >= 15 is 0 Å². The van der Waals surface area contributed by atoms with Crippen LogP contribution in [0, 0.1) is 12.3 Å². The molecule has 0 bridgehead atoms. The van der Waals surface area contributed by atoms with Gasteiger partial charge in [-0.3, -0.25) is 0 Å². The molecule has 47 valence electrons. The maximum absolute atomic E-state index is 9.02. The van der Waals surface area contributed by atoms with Crippen molar-refractivity contribution in [3.05, 3.63) is 6.42 Å². The first-order valence-electron chi connectivity index (χ1n) is 3.30. The zero-order valence-corrected chi connectivity index (χ0v) is 5.30. The Morgan fingerprint density at radius 3 is 2.75 bits per heavy atom. The van der Waals surface area contributed by atoms with Crippen LogP contribution in [0.2, 0.25) is 0 Å². The molecule has 0 aliphatic heterocycles. The van der Waals surface area contributed by atoms with Crippen LogP contribution >= 0.6 is 0 Å². The normalized spacial score (nSPS) is 39.8. The molecule has 1 radical (unpaired) electrons. The van der Waals surface area contributed by atoms with Crippen LogP contribution in [0.4, 0.5) is 0 Å². The lowest BCUT2D eigenvalue weighted by Gasteiger charge is -2.21. The lowest BCUT2D eigenvalue weighted by molar-refractivity contribution is 0.149. The van der Waals surface area contributed by atoms with Gasteiger partial charge in [0, 0.05) is 0 Å². The van der Waals surface area contributed by atoms with E-state index in [1.54, 1.807) is 0 Å². The van der Waals surface area contributed by atoms with E-state index in [0.717, 1.165) is 18.8 Å². The van der Waals surface area contributed by atoms with Crippen molar-refractivity contribution in [1.82, 2.24) is 0 Å². The van der Waals surface area contributed by atoms with Crippen molar-refractivity contribution < 1.29 is 5.11 Å². The summed E-state index contributed by atoms with van der Waals surface area (Å²) in [6, 6.07) is 0. The minimum absolute atomic E-state index is 0.112. The van der Waals surface area contributed by atoms with Crippen molar-refractivity contribution in [2.75, 3.05) is 0 Å². The van der Waals surface area contributed by atoms with Crippen molar-refractivity contribution in [3.8, 4) is 0 Å². The Morgan fingerprint density at radius 2 is 2.38 bits per heavy atom. The fourth-order valence-corrected chi connectivity index (χ4v) is 1.20. The molecule has 1 rings (SSSR count). The summed E-state index contributed by atoms with van der Waals surface area (Å²) in [5.74, 6) is 0.731. The van der Waals surface area contributed by atoms with Crippen molar-refractivity contribution in [2.45, 2.75) is 32.3 Å². The van der Waals surface area contributed by atoms with Gasteiger partial charge in [0.2, 0.25) is 0 Å². The summed E-state index contributed by atoms with van der Waals surface area (Å²) >= 11 is 0. The second-order valence-electron chi connectivity index (χ2n) is 2.72. The third-order valence-electron chi connectivity index (χ3n) is 1.74. The van der Waals surface area contributed by atoms with Crippen LogP contribution in [0.25, 0.3) is 0 Å². The number of aliphatic hydroxyl groups is 1. The first-order valence-corrected chi connectivity index (χ1v) is 3.30. The molecule has 2 unspecified atom stereocenters. The van der Waals surface area contributed by atoms with Gasteiger partial charge in [0.05, 0.1) is 6.10 Å². The quantitative estimate of drug-likeness (QED) is 0.503. The van der Waals surface area contributed by atoms with E-state index < -0.39 is 0 Å². The third-order valence-corrected chi connectivity index (χ3v) is 1.74. The fraction of sp³-hybridized carbons (Fsp3) is 0.857. The van der Waals surface area contributed by atoms with Crippen LogP contribution in [0.15, 0.2) is 0 Å². The Labute approximate surface area is 50.7 Å². The van der Waals surface area contributed by atoms with Crippen LogP contribution in [-0.4, -0.2) is 11.2 Å². The molecule has 0 amide bonds. The molecule has 1 aliphatic rings. The van der Waals surface area contributed by atoms with Gasteiger partial charge in [-0.05, 0) is 25.2 Å². The molecule has 1 nitrogen and oxygen atoms in total. The first-order chi connectivity index (χ1) is 3.79. The maximum Gasteiger partial charge on any atom is 0.0574 e. The molecule has 1 aliphatic carbocycles. The topological polar surface area (TPSA) is 20.2 Å². The number of hydrogen-bond acceptors (Lipinski definition) is 1. The van der Waals surface area contributed by atoms with Gasteiger partial charge in [-0.2, -0.15) is 0 Å². The summed E-state index contributed by atoms with van der Waals surface area (Å²) in [6.45, 7) is 2.19. The monoisotopic (exact) mass is 113 g/mol. The van der Waals surface area contributed by atoms with Crippen LogP contribution in [-0.2, 0) is 0 Å². The highest BCUT2D eigenvalue weighted by Gasteiger charge is 2.15. The molecule has 0 saturated heterocycles. The van der Waals surface area contributed by atoms with E-state index in [-0.39, 0.29) is 6.10 Å². The van der Waals surface area contributed by atoms with Crippen molar-refractivity contribution in [2.24, 2.45) is 5.92 Å². The number of aliphatic hydroxyl groups excluding tert-OH is 1. The predicted octanol–water partition coefficient (Wildman–Crippen LogP) is 1.37. The standard InChI is InChI=1S/C7H13O/c1-6-3-2-4-7(8)5-6/h4,6-8H,2-3,5H2,1H3. The second-order valence-corrected chi connectivity index (χ2v) is 2.72. The summed E-state index contributed by atoms with van der Waals surface area (Å²) in [5, 5.41) is 9.02. The Kier molecular flexibility index (Phi) is 1.90. The van der Waals surface area contributed by atoms with Crippen LogP contribution in [0.1, 0.15) is 26.2 Å². The van der Waals surface area contributed by atoms with Gasteiger partial charge >= 0.3 is 0 Å². The highest BCUT2D eigenvalue weighted by Crippen LogP contribution is 2.21. The van der Waals surface area contributed by atoms with E-state index in [1.807, 2.05) is 6.42 Å². The molecule has 1 saturated carbocycles. The van der Waals surface area contributed by atoms with Crippen molar-refractivity contribution >= 4 is 0 Å². The molecule has 1 fully saturated rings. The maximum atomic E-state index is 9.02. The fourth-order valence-electron chi connectivity index (χ4n) is 1.20. The highest BCUT2D eigenvalue weighted by molar-refractivity contribution is 4.82. The molecule has 1 N–H and O–H groups in total. The van der Waals surface area contributed by atoms with Crippen molar-refractivity contribution in [1.29, 1.82) is 0 Å². The van der Waals surface area contributed by atoms with Crippen LogP contribution < -0.4 is 0 Å². The number of hydrogen-bond donors (Lipinski definition) is 1. The molecular weight excluding hydrogens is 100 g/mol. The molecule has 2 atom stereocenters. The molecule has 0 aromatic rings. The average molecular weight is 113 g/mol. The van der Waals surface area contributed by atoms with Gasteiger partial charge in [-0.1, -0.05) is 13.3 Å². The molecule has 0 aromatic carbocycles. The lowest BCUT2D eigenvalue weighted by atomic mass is 9.89. The van der Waals surface area contributed by atoms with Gasteiger partial charge < -0.3 is 5.11 Å². The summed E-state index contributed by atoms with van der Waals surface area (Å²) < 4.78 is 0. The number of rotatable bonds is 0. The molecular formula is C7H13O. The van der Waals surface area contributed by atoms with E-state index in [4.69, 9.17) is 5.11 Å². The smallest absolute Gasteiger partial charge is 0.0574 e.